The van der Waals surface area contributed by atoms with Crippen LogP contribution in [-0.4, -0.2) is 29.2 Å². The van der Waals surface area contributed by atoms with E-state index in [9.17, 15) is 4.79 Å². The fraction of sp³-hybridized carbons (Fsp3) is 0.357. The van der Waals surface area contributed by atoms with Crippen LogP contribution in [0.5, 0.6) is 0 Å². The number of piperidine rings is 1. The van der Waals surface area contributed by atoms with Crippen molar-refractivity contribution in [2.24, 2.45) is 17.8 Å². The minimum atomic E-state index is -0.804. The van der Waals surface area contributed by atoms with Gasteiger partial charge in [0, 0.05) is 29.0 Å². The number of rotatable bonds is 0. The molecule has 1 aliphatic heterocycles. The summed E-state index contributed by atoms with van der Waals surface area (Å²) >= 11 is 3.39. The lowest BCUT2D eigenvalue weighted by Gasteiger charge is -2.13. The van der Waals surface area contributed by atoms with Crippen molar-refractivity contribution in [1.29, 1.82) is 0 Å². The number of fused-ring (bicyclic) bond motifs is 1. The average Bonchev–Trinajstić information content (AvgIpc) is 2.81. The molecule has 1 unspecified atom stereocenters. The van der Waals surface area contributed by atoms with E-state index in [1.807, 2.05) is 24.3 Å². The summed E-state index contributed by atoms with van der Waals surface area (Å²) in [5.74, 6) is 7.76. The van der Waals surface area contributed by atoms with Crippen molar-refractivity contribution in [3.63, 3.8) is 0 Å². The predicted octanol–water partition coefficient (Wildman–Crippen LogP) is 2.66. The Bertz CT molecular complexity index is 531. The van der Waals surface area contributed by atoms with Crippen molar-refractivity contribution >= 4 is 22.0 Å². The largest absolute Gasteiger partial charge is 0.465 e. The summed E-state index contributed by atoms with van der Waals surface area (Å²) in [4.78, 5) is 12.3. The number of hydrogen-bond donors (Lipinski definition) is 1. The van der Waals surface area contributed by atoms with Crippen molar-refractivity contribution in [3.8, 4) is 11.8 Å². The number of carbonyl (C=O) groups is 1. The van der Waals surface area contributed by atoms with E-state index in [1.165, 1.54) is 4.90 Å². The zero-order valence-electron chi connectivity index (χ0n) is 9.64. The van der Waals surface area contributed by atoms with E-state index < -0.39 is 6.09 Å². The third-order valence-corrected chi connectivity index (χ3v) is 4.22. The van der Waals surface area contributed by atoms with Crippen molar-refractivity contribution in [2.45, 2.75) is 0 Å². The van der Waals surface area contributed by atoms with Crippen LogP contribution in [0.2, 0.25) is 0 Å². The maximum atomic E-state index is 10.8. The third kappa shape index (κ3) is 2.11. The van der Waals surface area contributed by atoms with Crippen LogP contribution >= 0.6 is 15.9 Å². The Balaban J connectivity index is 1.62. The molecule has 0 spiro atoms. The normalized spacial score (nSPS) is 28.3. The highest BCUT2D eigenvalue weighted by atomic mass is 79.9. The Kier molecular flexibility index (Phi) is 2.79. The van der Waals surface area contributed by atoms with Crippen LogP contribution in [0.3, 0.4) is 0 Å². The van der Waals surface area contributed by atoms with Gasteiger partial charge in [0.15, 0.2) is 0 Å². The molecule has 1 aromatic rings. The first kappa shape index (κ1) is 11.6. The van der Waals surface area contributed by atoms with E-state index in [0.29, 0.717) is 30.8 Å². The second kappa shape index (κ2) is 4.33. The molecule has 3 nitrogen and oxygen atoms in total. The zero-order valence-corrected chi connectivity index (χ0v) is 11.2. The standard InChI is InChI=1S/C14H12BrNO2/c15-10-4-1-9(2-5-10)3-6-11-12-7-16(14(17)18)8-13(11)12/h1-2,4-5,11-13H,7-8H2,(H,17,18)/t11?,12-,13+. The van der Waals surface area contributed by atoms with Gasteiger partial charge in [0.1, 0.15) is 0 Å². The van der Waals surface area contributed by atoms with Crippen molar-refractivity contribution in [1.82, 2.24) is 4.90 Å². The van der Waals surface area contributed by atoms with Gasteiger partial charge < -0.3 is 10.0 Å². The molecule has 1 amide bonds. The van der Waals surface area contributed by atoms with Gasteiger partial charge >= 0.3 is 6.09 Å². The summed E-state index contributed by atoms with van der Waals surface area (Å²) in [6.45, 7) is 1.30. The van der Waals surface area contributed by atoms with Crippen LogP contribution in [-0.2, 0) is 0 Å². The quantitative estimate of drug-likeness (QED) is 0.749. The number of hydrogen-bond acceptors (Lipinski definition) is 1. The number of halogens is 1. The highest BCUT2D eigenvalue weighted by Gasteiger charge is 2.56. The van der Waals surface area contributed by atoms with E-state index in [2.05, 4.69) is 27.8 Å². The van der Waals surface area contributed by atoms with Gasteiger partial charge in [0.05, 0.1) is 0 Å². The van der Waals surface area contributed by atoms with E-state index in [4.69, 9.17) is 5.11 Å². The summed E-state index contributed by atoms with van der Waals surface area (Å²) in [5.41, 5.74) is 1.01. The lowest BCUT2D eigenvalue weighted by molar-refractivity contribution is 0.149. The molecule has 3 rings (SSSR count). The fourth-order valence-corrected chi connectivity index (χ4v) is 2.86. The average molecular weight is 306 g/mol. The van der Waals surface area contributed by atoms with Gasteiger partial charge in [-0.2, -0.15) is 0 Å². The molecule has 2 fully saturated rings. The Morgan fingerprint density at radius 1 is 1.28 bits per heavy atom. The van der Waals surface area contributed by atoms with Gasteiger partial charge in [-0.3, -0.25) is 0 Å². The van der Waals surface area contributed by atoms with Gasteiger partial charge in [-0.1, -0.05) is 27.8 Å². The van der Waals surface area contributed by atoms with Crippen LogP contribution in [0.25, 0.3) is 0 Å². The number of carboxylic acid groups (broad SMARTS) is 1. The van der Waals surface area contributed by atoms with Crippen molar-refractivity contribution in [3.05, 3.63) is 34.3 Å². The second-order valence-corrected chi connectivity index (χ2v) is 5.73. The first-order valence-corrected chi connectivity index (χ1v) is 6.69. The topological polar surface area (TPSA) is 40.5 Å². The minimum Gasteiger partial charge on any atom is -0.465 e. The number of nitrogens with zero attached hydrogens (tertiary/aromatic N) is 1. The molecule has 1 aromatic carbocycles. The second-order valence-electron chi connectivity index (χ2n) is 4.82. The Morgan fingerprint density at radius 2 is 1.89 bits per heavy atom. The molecule has 1 saturated carbocycles. The molecule has 1 aliphatic carbocycles. The lowest BCUT2D eigenvalue weighted by atomic mass is 10.2. The van der Waals surface area contributed by atoms with Crippen molar-refractivity contribution < 1.29 is 9.90 Å². The molecule has 18 heavy (non-hydrogen) atoms. The molecule has 1 N–H and O–H groups in total. The summed E-state index contributed by atoms with van der Waals surface area (Å²) in [6.07, 6.45) is -0.804. The molecule has 3 atom stereocenters. The Hall–Kier alpha value is -1.47. The summed E-state index contributed by atoms with van der Waals surface area (Å²) < 4.78 is 1.05. The zero-order chi connectivity index (χ0) is 12.7. The third-order valence-electron chi connectivity index (χ3n) is 3.69. The molecule has 92 valence electrons. The van der Waals surface area contributed by atoms with E-state index in [-0.39, 0.29) is 0 Å². The van der Waals surface area contributed by atoms with E-state index >= 15 is 0 Å². The molecule has 1 heterocycles. The lowest BCUT2D eigenvalue weighted by Crippen LogP contribution is -2.29. The predicted molar refractivity (Wildman–Crippen MR) is 71.1 cm³/mol. The highest BCUT2D eigenvalue weighted by molar-refractivity contribution is 9.10. The molecule has 2 aliphatic rings. The summed E-state index contributed by atoms with van der Waals surface area (Å²) in [7, 11) is 0. The van der Waals surface area contributed by atoms with Crippen LogP contribution in [0, 0.1) is 29.6 Å². The fourth-order valence-electron chi connectivity index (χ4n) is 2.60. The van der Waals surface area contributed by atoms with E-state index in [0.717, 1.165) is 10.0 Å². The maximum absolute atomic E-state index is 10.8. The Morgan fingerprint density at radius 3 is 2.44 bits per heavy atom. The van der Waals surface area contributed by atoms with Gasteiger partial charge in [-0.05, 0) is 36.1 Å². The van der Waals surface area contributed by atoms with Crippen LogP contribution < -0.4 is 0 Å². The number of benzene rings is 1. The Labute approximate surface area is 114 Å². The van der Waals surface area contributed by atoms with E-state index in [1.54, 1.807) is 0 Å². The highest BCUT2D eigenvalue weighted by Crippen LogP contribution is 2.51. The molecular weight excluding hydrogens is 294 g/mol. The van der Waals surface area contributed by atoms with Gasteiger partial charge in [-0.25, -0.2) is 4.79 Å². The van der Waals surface area contributed by atoms with Crippen LogP contribution in [0.4, 0.5) is 4.79 Å². The summed E-state index contributed by atoms with van der Waals surface area (Å²) in [5, 5.41) is 8.86. The maximum Gasteiger partial charge on any atom is 0.407 e. The summed E-state index contributed by atoms with van der Waals surface area (Å²) in [6, 6.07) is 7.92. The molecule has 0 radical (unpaired) electrons. The smallest absolute Gasteiger partial charge is 0.407 e. The molecule has 0 bridgehead atoms. The van der Waals surface area contributed by atoms with Gasteiger partial charge in [0.2, 0.25) is 0 Å². The first-order valence-electron chi connectivity index (χ1n) is 5.90. The molecular formula is C14H12BrNO2. The monoisotopic (exact) mass is 305 g/mol. The molecule has 0 aromatic heterocycles. The van der Waals surface area contributed by atoms with Crippen LogP contribution in [0.15, 0.2) is 28.7 Å². The van der Waals surface area contributed by atoms with Crippen molar-refractivity contribution in [2.75, 3.05) is 13.1 Å². The van der Waals surface area contributed by atoms with Crippen LogP contribution in [0.1, 0.15) is 5.56 Å². The number of amides is 1. The molecule has 1 saturated heterocycles. The minimum absolute atomic E-state index is 0.393. The van der Waals surface area contributed by atoms with Gasteiger partial charge in [0.25, 0.3) is 0 Å². The first-order chi connectivity index (χ1) is 8.65. The molecule has 4 heteroatoms. The SMILES string of the molecule is O=C(O)N1C[C@@H]2C(C#Cc3ccc(Br)cc3)[C@@H]2C1. The number of likely N-dealkylation sites (tertiary alicyclic amines) is 1. The van der Waals surface area contributed by atoms with Gasteiger partial charge in [-0.15, -0.1) is 0 Å².